The van der Waals surface area contributed by atoms with Gasteiger partial charge < -0.3 is 4.79 Å². The molecule has 0 aliphatic carbocycles. The lowest BCUT2D eigenvalue weighted by molar-refractivity contribution is -0.114. The maximum absolute atomic E-state index is 11.9. The first kappa shape index (κ1) is 17.0. The van der Waals surface area contributed by atoms with Gasteiger partial charge in [0.25, 0.3) is 0 Å². The van der Waals surface area contributed by atoms with Crippen LogP contribution >= 0.6 is 24.4 Å². The molecule has 0 fully saturated rings. The average molecular weight is 282 g/mol. The molecule has 0 saturated heterocycles. The zero-order valence-electron chi connectivity index (χ0n) is 10.4. The van der Waals surface area contributed by atoms with E-state index in [1.54, 1.807) is 36.6 Å². The Morgan fingerprint density at radius 1 is 1.50 bits per heavy atom. The number of thiol groups is 1. The molecule has 0 spiro atoms. The molecule has 0 amide bonds. The molecule has 2 nitrogen and oxygen atoms in total. The Hall–Kier alpha value is -1.00. The summed E-state index contributed by atoms with van der Waals surface area (Å²) in [5, 5.41) is 1.74. The fourth-order valence-electron chi connectivity index (χ4n) is 1.25. The van der Waals surface area contributed by atoms with Crippen LogP contribution in [0.4, 0.5) is 0 Å². The lowest BCUT2D eigenvalue weighted by atomic mass is 9.96. The smallest absolute Gasteiger partial charge is 0.183 e. The normalized spacial score (nSPS) is 14.0. The molecule has 1 unspecified atom stereocenters. The molecule has 0 bridgehead atoms. The molecule has 0 rings (SSSR count). The summed E-state index contributed by atoms with van der Waals surface area (Å²) in [4.78, 5) is 22.9. The zero-order valence-corrected chi connectivity index (χ0v) is 12.1. The number of carbonyl (C=O) groups is 2. The Bertz CT molecular complexity index is 368. The number of rotatable bonds is 9. The fraction of sp³-hybridized carbons (Fsp3) is 0.286. The zero-order chi connectivity index (χ0) is 13.8. The van der Waals surface area contributed by atoms with E-state index >= 15 is 0 Å². The highest BCUT2D eigenvalue weighted by Crippen LogP contribution is 2.14. The Kier molecular flexibility index (Phi) is 10.5. The third-order valence-corrected chi connectivity index (χ3v) is 3.38. The SMILES string of the molecule is C=CC=CC(C=O)/C(=C\C)C(=O)/C=C/SCCS. The minimum absolute atomic E-state index is 0.144. The van der Waals surface area contributed by atoms with Crippen LogP contribution in [0.15, 0.2) is 47.9 Å². The first-order valence-corrected chi connectivity index (χ1v) is 7.23. The van der Waals surface area contributed by atoms with E-state index in [9.17, 15) is 9.59 Å². The predicted octanol–water partition coefficient (Wildman–Crippen LogP) is 3.24. The number of allylic oxidation sites excluding steroid dienone is 6. The van der Waals surface area contributed by atoms with Crippen LogP contribution in [0.3, 0.4) is 0 Å². The molecule has 0 aromatic heterocycles. The van der Waals surface area contributed by atoms with E-state index < -0.39 is 5.92 Å². The Labute approximate surface area is 118 Å². The van der Waals surface area contributed by atoms with Gasteiger partial charge in [0, 0.05) is 11.3 Å². The summed E-state index contributed by atoms with van der Waals surface area (Å²) in [5.74, 6) is 0.958. The van der Waals surface area contributed by atoms with Gasteiger partial charge in [-0.15, -0.1) is 11.8 Å². The van der Waals surface area contributed by atoms with Crippen molar-refractivity contribution in [1.29, 1.82) is 0 Å². The lowest BCUT2D eigenvalue weighted by Gasteiger charge is -2.06. The van der Waals surface area contributed by atoms with Gasteiger partial charge in [-0.3, -0.25) is 4.79 Å². The van der Waals surface area contributed by atoms with E-state index in [0.717, 1.165) is 17.8 Å². The summed E-state index contributed by atoms with van der Waals surface area (Å²) in [6.45, 7) is 5.29. The van der Waals surface area contributed by atoms with Gasteiger partial charge in [-0.1, -0.05) is 30.9 Å². The predicted molar refractivity (Wildman–Crippen MR) is 83.1 cm³/mol. The van der Waals surface area contributed by atoms with E-state index in [4.69, 9.17) is 0 Å². The van der Waals surface area contributed by atoms with Gasteiger partial charge in [-0.25, -0.2) is 0 Å². The molecule has 0 N–H and O–H groups in total. The van der Waals surface area contributed by atoms with Gasteiger partial charge in [-0.2, -0.15) is 12.6 Å². The van der Waals surface area contributed by atoms with Gasteiger partial charge in [-0.05, 0) is 24.2 Å². The van der Waals surface area contributed by atoms with Crippen molar-refractivity contribution in [3.8, 4) is 0 Å². The van der Waals surface area contributed by atoms with Crippen LogP contribution in [0, 0.1) is 5.92 Å². The second-order valence-electron chi connectivity index (χ2n) is 3.29. The number of thioether (sulfide) groups is 1. The van der Waals surface area contributed by atoms with E-state index in [1.807, 2.05) is 0 Å². The summed E-state index contributed by atoms with van der Waals surface area (Å²) in [6, 6.07) is 0. The second-order valence-corrected chi connectivity index (χ2v) is 4.75. The largest absolute Gasteiger partial charge is 0.302 e. The Balaban J connectivity index is 4.70. The first-order chi connectivity index (χ1) is 8.71. The van der Waals surface area contributed by atoms with Gasteiger partial charge in [0.2, 0.25) is 0 Å². The Morgan fingerprint density at radius 3 is 2.72 bits per heavy atom. The van der Waals surface area contributed by atoms with Crippen LogP contribution in [-0.4, -0.2) is 23.6 Å². The molecule has 0 saturated carbocycles. The highest BCUT2D eigenvalue weighted by Gasteiger charge is 2.14. The maximum Gasteiger partial charge on any atom is 0.183 e. The lowest BCUT2D eigenvalue weighted by Crippen LogP contribution is -2.10. The molecule has 0 aliphatic heterocycles. The van der Waals surface area contributed by atoms with Crippen molar-refractivity contribution in [3.63, 3.8) is 0 Å². The highest BCUT2D eigenvalue weighted by molar-refractivity contribution is 8.02. The number of hydrogen-bond donors (Lipinski definition) is 1. The molecule has 0 aromatic carbocycles. The third kappa shape index (κ3) is 6.67. The van der Waals surface area contributed by atoms with Crippen LogP contribution in [-0.2, 0) is 9.59 Å². The minimum Gasteiger partial charge on any atom is -0.302 e. The van der Waals surface area contributed by atoms with Gasteiger partial charge in [0.15, 0.2) is 5.78 Å². The van der Waals surface area contributed by atoms with Crippen LogP contribution < -0.4 is 0 Å². The Morgan fingerprint density at radius 2 is 2.22 bits per heavy atom. The van der Waals surface area contributed by atoms with Crippen molar-refractivity contribution in [2.45, 2.75) is 6.92 Å². The molecule has 4 heteroatoms. The standard InChI is InChI=1S/C14H18O2S2/c1-3-5-6-12(11-15)13(4-2)14(16)7-9-18-10-8-17/h3-7,9,11-12,17H,1,8,10H2,2H3/b6-5?,9-7+,13-4+. The molecule has 1 atom stereocenters. The van der Waals surface area contributed by atoms with E-state index in [-0.39, 0.29) is 5.78 Å². The molecule has 98 valence electrons. The van der Waals surface area contributed by atoms with Crippen molar-refractivity contribution in [2.24, 2.45) is 5.92 Å². The number of hydrogen-bond acceptors (Lipinski definition) is 4. The van der Waals surface area contributed by atoms with Crippen molar-refractivity contribution in [3.05, 3.63) is 47.9 Å². The van der Waals surface area contributed by atoms with Gasteiger partial charge >= 0.3 is 0 Å². The molecule has 0 aliphatic rings. The van der Waals surface area contributed by atoms with Crippen molar-refractivity contribution in [1.82, 2.24) is 0 Å². The quantitative estimate of drug-likeness (QED) is 0.232. The second kappa shape index (κ2) is 11.1. The van der Waals surface area contributed by atoms with Crippen LogP contribution in [0.1, 0.15) is 6.92 Å². The summed E-state index contributed by atoms with van der Waals surface area (Å²) in [5.41, 5.74) is 0.478. The van der Waals surface area contributed by atoms with Crippen molar-refractivity contribution >= 4 is 36.5 Å². The minimum atomic E-state index is -0.514. The van der Waals surface area contributed by atoms with E-state index in [2.05, 4.69) is 19.2 Å². The summed E-state index contributed by atoms with van der Waals surface area (Å²) >= 11 is 5.59. The molecule has 18 heavy (non-hydrogen) atoms. The fourth-order valence-corrected chi connectivity index (χ4v) is 2.02. The van der Waals surface area contributed by atoms with Crippen LogP contribution in [0.2, 0.25) is 0 Å². The summed E-state index contributed by atoms with van der Waals surface area (Å²) in [7, 11) is 0. The molecular weight excluding hydrogens is 264 g/mol. The van der Waals surface area contributed by atoms with Crippen LogP contribution in [0.5, 0.6) is 0 Å². The van der Waals surface area contributed by atoms with Crippen molar-refractivity contribution in [2.75, 3.05) is 11.5 Å². The van der Waals surface area contributed by atoms with Crippen molar-refractivity contribution < 1.29 is 9.59 Å². The van der Waals surface area contributed by atoms with Gasteiger partial charge in [0.1, 0.15) is 6.29 Å². The molecule has 0 radical (unpaired) electrons. The van der Waals surface area contributed by atoms with Crippen LogP contribution in [0.25, 0.3) is 0 Å². The average Bonchev–Trinajstić information content (AvgIpc) is 2.39. The number of ketones is 1. The molecule has 0 heterocycles. The summed E-state index contributed by atoms with van der Waals surface area (Å²) in [6.07, 6.45) is 8.80. The third-order valence-electron chi connectivity index (χ3n) is 2.08. The maximum atomic E-state index is 11.9. The van der Waals surface area contributed by atoms with Gasteiger partial charge in [0.05, 0.1) is 5.92 Å². The topological polar surface area (TPSA) is 34.1 Å². The summed E-state index contributed by atoms with van der Waals surface area (Å²) < 4.78 is 0. The van der Waals surface area contributed by atoms with E-state index in [1.165, 1.54) is 17.8 Å². The number of aldehydes is 1. The number of carbonyl (C=O) groups excluding carboxylic acids is 2. The molecule has 0 aromatic rings. The molecular formula is C14H18O2S2. The first-order valence-electron chi connectivity index (χ1n) is 5.55. The highest BCUT2D eigenvalue weighted by atomic mass is 32.2. The monoisotopic (exact) mass is 282 g/mol. The van der Waals surface area contributed by atoms with E-state index in [0.29, 0.717) is 5.57 Å².